The van der Waals surface area contributed by atoms with Crippen LogP contribution >= 0.6 is 0 Å². The molecule has 2 aliphatic rings. The Kier molecular flexibility index (Phi) is 6.45. The van der Waals surface area contributed by atoms with E-state index in [1.165, 1.54) is 0 Å². The normalized spacial score (nSPS) is 17.3. The highest BCUT2D eigenvalue weighted by molar-refractivity contribution is 6.14. The first-order valence-corrected chi connectivity index (χ1v) is 13.0. The Hall–Kier alpha value is -4.70. The van der Waals surface area contributed by atoms with Gasteiger partial charge in [0.05, 0.1) is 11.4 Å². The van der Waals surface area contributed by atoms with Crippen molar-refractivity contribution in [2.75, 3.05) is 10.6 Å². The highest BCUT2D eigenvalue weighted by Gasteiger charge is 2.31. The number of carbonyl (C=O) groups is 2. The molecular formula is C34H28N2O2. The average Bonchev–Trinajstić information content (AvgIpc) is 2.97. The lowest BCUT2D eigenvalue weighted by molar-refractivity contribution is 0.101. The molecule has 0 heterocycles. The second-order valence-corrected chi connectivity index (χ2v) is 9.66. The van der Waals surface area contributed by atoms with Crippen LogP contribution in [0.1, 0.15) is 44.7 Å². The largest absolute Gasteiger partial charge is 0.353 e. The highest BCUT2D eigenvalue weighted by atomic mass is 16.1. The van der Waals surface area contributed by atoms with Gasteiger partial charge in [0.25, 0.3) is 0 Å². The van der Waals surface area contributed by atoms with Gasteiger partial charge in [-0.2, -0.15) is 0 Å². The number of fused-ring (bicyclic) bond motifs is 2. The van der Waals surface area contributed by atoms with Crippen LogP contribution in [0.3, 0.4) is 0 Å². The molecule has 0 spiro atoms. The molecule has 4 aromatic carbocycles. The van der Waals surface area contributed by atoms with Crippen LogP contribution in [0.5, 0.6) is 0 Å². The first-order valence-electron chi connectivity index (χ1n) is 13.0. The molecular weight excluding hydrogens is 468 g/mol. The summed E-state index contributed by atoms with van der Waals surface area (Å²) < 4.78 is 0. The Labute approximate surface area is 222 Å². The number of anilines is 2. The Balaban J connectivity index is 1.57. The monoisotopic (exact) mass is 496 g/mol. The van der Waals surface area contributed by atoms with Crippen molar-refractivity contribution in [3.05, 3.63) is 154 Å². The number of allylic oxidation sites excluding steroid dienone is 2. The molecule has 0 aromatic heterocycles. The third kappa shape index (κ3) is 4.57. The Morgan fingerprint density at radius 1 is 0.447 bits per heavy atom. The second kappa shape index (κ2) is 10.3. The molecule has 2 N–H and O–H groups in total. The number of carbonyl (C=O) groups excluding carboxylic acids is 2. The summed E-state index contributed by atoms with van der Waals surface area (Å²) in [5.41, 5.74) is 8.01. The fraction of sp³-hybridized carbons (Fsp3) is 0.118. The first-order chi connectivity index (χ1) is 18.7. The number of benzene rings is 4. The van der Waals surface area contributed by atoms with E-state index in [9.17, 15) is 9.59 Å². The predicted octanol–water partition coefficient (Wildman–Crippen LogP) is 7.38. The Morgan fingerprint density at radius 2 is 0.816 bits per heavy atom. The van der Waals surface area contributed by atoms with Crippen LogP contribution in [0.25, 0.3) is 0 Å². The maximum atomic E-state index is 13.9. The number of ketones is 2. The van der Waals surface area contributed by atoms with Crippen molar-refractivity contribution in [3.8, 4) is 0 Å². The quantitative estimate of drug-likeness (QED) is 0.283. The van der Waals surface area contributed by atoms with Crippen LogP contribution in [-0.2, 0) is 12.8 Å². The van der Waals surface area contributed by atoms with E-state index in [1.807, 2.05) is 109 Å². The SMILES string of the molecule is O=C1/C(=C(Nc2ccccc2)\C(Nc2ccccc2)=C2\CCc3ccccc3C2=O)CCc2ccccc21. The number of rotatable bonds is 5. The fourth-order valence-electron chi connectivity index (χ4n) is 5.38. The summed E-state index contributed by atoms with van der Waals surface area (Å²) in [4.78, 5) is 27.9. The highest BCUT2D eigenvalue weighted by Crippen LogP contribution is 2.35. The van der Waals surface area contributed by atoms with Crippen LogP contribution in [-0.4, -0.2) is 11.6 Å². The van der Waals surface area contributed by atoms with Gasteiger partial charge in [-0.1, -0.05) is 84.9 Å². The van der Waals surface area contributed by atoms with E-state index in [2.05, 4.69) is 10.6 Å². The van der Waals surface area contributed by atoms with Crippen molar-refractivity contribution in [2.24, 2.45) is 0 Å². The Morgan fingerprint density at radius 3 is 1.24 bits per heavy atom. The molecule has 0 atom stereocenters. The van der Waals surface area contributed by atoms with E-state index < -0.39 is 0 Å². The third-order valence-electron chi connectivity index (χ3n) is 7.30. The van der Waals surface area contributed by atoms with Crippen molar-refractivity contribution in [2.45, 2.75) is 25.7 Å². The molecule has 0 fully saturated rings. The number of Topliss-reactive ketones (excluding diaryl/α,β-unsaturated/α-hetero) is 2. The number of hydrogen-bond donors (Lipinski definition) is 2. The molecule has 4 aromatic rings. The maximum Gasteiger partial charge on any atom is 0.191 e. The van der Waals surface area contributed by atoms with Gasteiger partial charge in [0.15, 0.2) is 11.6 Å². The van der Waals surface area contributed by atoms with E-state index in [0.29, 0.717) is 35.4 Å². The number of nitrogens with one attached hydrogen (secondary N) is 2. The van der Waals surface area contributed by atoms with Gasteiger partial charge >= 0.3 is 0 Å². The summed E-state index contributed by atoms with van der Waals surface area (Å²) in [5, 5.41) is 7.12. The smallest absolute Gasteiger partial charge is 0.191 e. The van der Waals surface area contributed by atoms with Gasteiger partial charge in [0.2, 0.25) is 0 Å². The average molecular weight is 497 g/mol. The van der Waals surface area contributed by atoms with Crippen LogP contribution in [0.2, 0.25) is 0 Å². The van der Waals surface area contributed by atoms with Gasteiger partial charge in [0.1, 0.15) is 0 Å². The lowest BCUT2D eigenvalue weighted by Gasteiger charge is -2.28. The predicted molar refractivity (Wildman–Crippen MR) is 152 cm³/mol. The first kappa shape index (κ1) is 23.7. The minimum absolute atomic E-state index is 0.00176. The van der Waals surface area contributed by atoms with Gasteiger partial charge in [-0.05, 0) is 61.1 Å². The lowest BCUT2D eigenvalue weighted by atomic mass is 9.82. The van der Waals surface area contributed by atoms with Crippen LogP contribution < -0.4 is 10.6 Å². The zero-order valence-electron chi connectivity index (χ0n) is 21.0. The van der Waals surface area contributed by atoms with Gasteiger partial charge in [0, 0.05) is 33.6 Å². The minimum atomic E-state index is 0.00176. The maximum absolute atomic E-state index is 13.9. The zero-order valence-corrected chi connectivity index (χ0v) is 21.0. The third-order valence-corrected chi connectivity index (χ3v) is 7.30. The van der Waals surface area contributed by atoms with Crippen LogP contribution in [0.4, 0.5) is 11.4 Å². The molecule has 4 heteroatoms. The molecule has 0 amide bonds. The van der Waals surface area contributed by atoms with Crippen LogP contribution in [0.15, 0.2) is 132 Å². The van der Waals surface area contributed by atoms with Crippen molar-refractivity contribution >= 4 is 22.9 Å². The lowest BCUT2D eigenvalue weighted by Crippen LogP contribution is -2.25. The summed E-state index contributed by atoms with van der Waals surface area (Å²) in [5.74, 6) is 0.00352. The number of hydrogen-bond acceptors (Lipinski definition) is 4. The molecule has 0 saturated carbocycles. The molecule has 0 radical (unpaired) electrons. The summed E-state index contributed by atoms with van der Waals surface area (Å²) in [7, 11) is 0. The molecule has 186 valence electrons. The molecule has 0 saturated heterocycles. The van der Waals surface area contributed by atoms with Crippen molar-refractivity contribution in [1.82, 2.24) is 0 Å². The van der Waals surface area contributed by atoms with Crippen molar-refractivity contribution < 1.29 is 9.59 Å². The summed E-state index contributed by atoms with van der Waals surface area (Å²) in [6.45, 7) is 0. The van der Waals surface area contributed by atoms with Crippen LogP contribution in [0, 0.1) is 0 Å². The number of aryl methyl sites for hydroxylation is 2. The minimum Gasteiger partial charge on any atom is -0.353 e. The topological polar surface area (TPSA) is 58.2 Å². The van der Waals surface area contributed by atoms with Gasteiger partial charge in [-0.15, -0.1) is 0 Å². The van der Waals surface area contributed by atoms with Gasteiger partial charge in [-0.25, -0.2) is 0 Å². The fourth-order valence-corrected chi connectivity index (χ4v) is 5.38. The van der Waals surface area contributed by atoms with E-state index in [-0.39, 0.29) is 11.6 Å². The van der Waals surface area contributed by atoms with Crippen molar-refractivity contribution in [1.29, 1.82) is 0 Å². The summed E-state index contributed by atoms with van der Waals surface area (Å²) in [6.07, 6.45) is 2.70. The summed E-state index contributed by atoms with van der Waals surface area (Å²) >= 11 is 0. The van der Waals surface area contributed by atoms with Gasteiger partial charge < -0.3 is 10.6 Å². The molecule has 6 rings (SSSR count). The molecule has 4 nitrogen and oxygen atoms in total. The zero-order chi connectivity index (χ0) is 25.9. The van der Waals surface area contributed by atoms with Gasteiger partial charge in [-0.3, -0.25) is 9.59 Å². The molecule has 38 heavy (non-hydrogen) atoms. The second-order valence-electron chi connectivity index (χ2n) is 9.66. The molecule has 0 aliphatic heterocycles. The summed E-state index contributed by atoms with van der Waals surface area (Å²) in [6, 6.07) is 35.3. The molecule has 0 bridgehead atoms. The van der Waals surface area contributed by atoms with E-state index >= 15 is 0 Å². The van der Waals surface area contributed by atoms with Crippen molar-refractivity contribution in [3.63, 3.8) is 0 Å². The number of para-hydroxylation sites is 2. The molecule has 2 aliphatic carbocycles. The van der Waals surface area contributed by atoms with E-state index in [1.54, 1.807) is 0 Å². The molecule has 0 unspecified atom stereocenters. The van der Waals surface area contributed by atoms with E-state index in [0.717, 1.165) is 46.5 Å². The Bertz CT molecular complexity index is 1460. The standard InChI is InChI=1S/C34H28N2O2/c37-33-27-17-9-7-11-23(27)19-21-29(33)31(35-25-13-3-1-4-14-25)32(36-26-15-5-2-6-16-26)30-22-20-24-12-8-10-18-28(24)34(30)38/h1-18,35-36H,19-22H2/b31-29+,32-30+. The van der Waals surface area contributed by atoms with E-state index in [4.69, 9.17) is 0 Å².